The number of rotatable bonds is 8. The van der Waals surface area contributed by atoms with Crippen molar-refractivity contribution in [3.63, 3.8) is 0 Å². The summed E-state index contributed by atoms with van der Waals surface area (Å²) in [4.78, 5) is 60.0. The molecule has 3 atom stereocenters. The molecule has 1 aliphatic rings. The summed E-state index contributed by atoms with van der Waals surface area (Å²) in [7, 11) is 0. The van der Waals surface area contributed by atoms with Gasteiger partial charge in [-0.05, 0) is 20.1 Å². The van der Waals surface area contributed by atoms with Crippen LogP contribution < -0.4 is 10.6 Å². The van der Waals surface area contributed by atoms with Crippen LogP contribution in [0.1, 0.15) is 33.6 Å². The molecule has 0 aliphatic carbocycles. The van der Waals surface area contributed by atoms with Crippen molar-refractivity contribution in [2.75, 3.05) is 12.8 Å². The summed E-state index contributed by atoms with van der Waals surface area (Å²) in [5.41, 5.74) is 0. The second kappa shape index (κ2) is 8.81. The first kappa shape index (κ1) is 20.1. The van der Waals surface area contributed by atoms with Gasteiger partial charge in [-0.25, -0.2) is 0 Å². The lowest BCUT2D eigenvalue weighted by Crippen LogP contribution is -2.51. The predicted octanol–water partition coefficient (Wildman–Crippen LogP) is -0.535. The van der Waals surface area contributed by atoms with E-state index in [1.807, 2.05) is 0 Å². The summed E-state index contributed by atoms with van der Waals surface area (Å²) in [5.74, 6) is -2.00. The Bertz CT molecular complexity index is 551. The molecule has 4 amide bonds. The minimum absolute atomic E-state index is 0.0833. The zero-order valence-electron chi connectivity index (χ0n) is 14.3. The van der Waals surface area contributed by atoms with E-state index in [1.54, 1.807) is 20.1 Å². The Labute approximate surface area is 145 Å². The maximum absolute atomic E-state index is 12.0. The number of hydrogen-bond donors (Lipinski definition) is 2. The van der Waals surface area contributed by atoms with Crippen LogP contribution in [0.2, 0.25) is 0 Å². The molecule has 24 heavy (non-hydrogen) atoms. The smallest absolute Gasteiger partial charge is 0.243 e. The van der Waals surface area contributed by atoms with Gasteiger partial charge in [-0.15, -0.1) is 0 Å². The van der Waals surface area contributed by atoms with Crippen molar-refractivity contribution in [3.8, 4) is 0 Å². The molecule has 1 heterocycles. The van der Waals surface area contributed by atoms with Gasteiger partial charge in [-0.3, -0.25) is 28.9 Å². The quantitative estimate of drug-likeness (QED) is 0.565. The average molecular weight is 357 g/mol. The van der Waals surface area contributed by atoms with Gasteiger partial charge < -0.3 is 10.6 Å². The molecule has 0 aromatic carbocycles. The van der Waals surface area contributed by atoms with Crippen molar-refractivity contribution >= 4 is 41.2 Å². The van der Waals surface area contributed by atoms with Crippen molar-refractivity contribution in [3.05, 3.63) is 0 Å². The molecule has 1 rings (SSSR count). The van der Waals surface area contributed by atoms with Gasteiger partial charge in [-0.2, -0.15) is 11.8 Å². The highest BCUT2D eigenvalue weighted by Crippen LogP contribution is 2.22. The van der Waals surface area contributed by atoms with Gasteiger partial charge in [0.15, 0.2) is 5.78 Å². The lowest BCUT2D eigenvalue weighted by atomic mass is 10.1. The number of likely N-dealkylation sites (tertiary alicyclic amines) is 1. The van der Waals surface area contributed by atoms with E-state index in [0.29, 0.717) is 6.42 Å². The number of amides is 4. The monoisotopic (exact) mass is 357 g/mol. The first-order valence-electron chi connectivity index (χ1n) is 7.70. The van der Waals surface area contributed by atoms with E-state index in [1.165, 1.54) is 18.7 Å². The molecule has 134 valence electrons. The summed E-state index contributed by atoms with van der Waals surface area (Å²) >= 11 is 1.27. The van der Waals surface area contributed by atoms with Gasteiger partial charge in [0.05, 0.1) is 11.3 Å². The number of imide groups is 1. The molecule has 0 bridgehead atoms. The number of nitrogens with zero attached hydrogens (tertiary/aromatic N) is 1. The number of thioether (sulfide) groups is 1. The Hall–Kier alpha value is -1.90. The molecule has 8 nitrogen and oxygen atoms in total. The molecule has 0 aromatic rings. The Morgan fingerprint density at radius 2 is 1.83 bits per heavy atom. The molecule has 2 N–H and O–H groups in total. The second-order valence-corrected chi connectivity index (χ2v) is 6.63. The Kier molecular flexibility index (Phi) is 7.40. The lowest BCUT2D eigenvalue weighted by molar-refractivity contribution is -0.142. The van der Waals surface area contributed by atoms with Crippen LogP contribution >= 0.6 is 11.8 Å². The number of carbonyl (C=O) groups is 5. The third-order valence-corrected chi connectivity index (χ3v) is 4.69. The molecule has 1 aliphatic heterocycles. The maximum Gasteiger partial charge on any atom is 0.243 e. The molecule has 9 heteroatoms. The van der Waals surface area contributed by atoms with Gasteiger partial charge in [0.25, 0.3) is 0 Å². The first-order chi connectivity index (χ1) is 11.2. The molecular formula is C15H23N3O5S. The standard InChI is InChI=1S/C15H23N3O5S/c1-5-10(19)8(2)17-14(22)9(3)16-12(20)7-18-13(21)6-11(24-4)15(18)23/h8-9,11H,5-7H2,1-4H3,(H,16,20)(H,17,22). The number of nitrogens with one attached hydrogen (secondary N) is 2. The SMILES string of the molecule is CCC(=O)C(C)NC(=O)C(C)NC(=O)CN1C(=O)CC(SC)C1=O. The van der Waals surface area contributed by atoms with Crippen molar-refractivity contribution in [1.82, 2.24) is 15.5 Å². The summed E-state index contributed by atoms with van der Waals surface area (Å²) < 4.78 is 0. The van der Waals surface area contributed by atoms with Crippen molar-refractivity contribution in [2.45, 2.75) is 50.9 Å². The maximum atomic E-state index is 12.0. The van der Waals surface area contributed by atoms with Crippen LogP contribution in [0.15, 0.2) is 0 Å². The third kappa shape index (κ3) is 5.05. The summed E-state index contributed by atoms with van der Waals surface area (Å²) in [5, 5.41) is 4.48. The number of Topliss-reactive ketones (excluding diaryl/α,β-unsaturated/α-hetero) is 1. The predicted molar refractivity (Wildman–Crippen MR) is 89.1 cm³/mol. The fourth-order valence-electron chi connectivity index (χ4n) is 2.22. The largest absolute Gasteiger partial charge is 0.345 e. The van der Waals surface area contributed by atoms with Crippen LogP contribution in [0.25, 0.3) is 0 Å². The van der Waals surface area contributed by atoms with E-state index in [9.17, 15) is 24.0 Å². The molecule has 1 fully saturated rings. The molecule has 0 aromatic heterocycles. The van der Waals surface area contributed by atoms with E-state index in [-0.39, 0.29) is 18.1 Å². The highest BCUT2D eigenvalue weighted by atomic mass is 32.2. The zero-order chi connectivity index (χ0) is 18.4. The Morgan fingerprint density at radius 1 is 1.21 bits per heavy atom. The summed E-state index contributed by atoms with van der Waals surface area (Å²) in [6.07, 6.45) is 2.11. The molecular weight excluding hydrogens is 334 g/mol. The zero-order valence-corrected chi connectivity index (χ0v) is 15.1. The van der Waals surface area contributed by atoms with Crippen LogP contribution in [0.5, 0.6) is 0 Å². The van der Waals surface area contributed by atoms with Crippen LogP contribution in [-0.4, -0.2) is 64.4 Å². The van der Waals surface area contributed by atoms with E-state index >= 15 is 0 Å². The minimum atomic E-state index is -0.881. The minimum Gasteiger partial charge on any atom is -0.345 e. The lowest BCUT2D eigenvalue weighted by Gasteiger charge is -2.19. The highest BCUT2D eigenvalue weighted by Gasteiger charge is 2.39. The van der Waals surface area contributed by atoms with Crippen LogP contribution in [0, 0.1) is 0 Å². The fraction of sp³-hybridized carbons (Fsp3) is 0.667. The van der Waals surface area contributed by atoms with Gasteiger partial charge in [-0.1, -0.05) is 6.92 Å². The van der Waals surface area contributed by atoms with Crippen LogP contribution in [-0.2, 0) is 24.0 Å². The van der Waals surface area contributed by atoms with E-state index in [4.69, 9.17) is 0 Å². The van der Waals surface area contributed by atoms with Crippen molar-refractivity contribution in [1.29, 1.82) is 0 Å². The van der Waals surface area contributed by atoms with E-state index in [0.717, 1.165) is 4.90 Å². The van der Waals surface area contributed by atoms with Gasteiger partial charge >= 0.3 is 0 Å². The molecule has 0 spiro atoms. The molecule has 0 radical (unpaired) electrons. The first-order valence-corrected chi connectivity index (χ1v) is 8.99. The number of carbonyl (C=O) groups excluding carboxylic acids is 5. The fourth-order valence-corrected chi connectivity index (χ4v) is 2.86. The van der Waals surface area contributed by atoms with Gasteiger partial charge in [0.1, 0.15) is 12.6 Å². The third-order valence-electron chi connectivity index (χ3n) is 3.75. The molecule has 0 saturated carbocycles. The highest BCUT2D eigenvalue weighted by molar-refractivity contribution is 8.00. The Morgan fingerprint density at radius 3 is 2.33 bits per heavy atom. The second-order valence-electron chi connectivity index (χ2n) is 5.59. The van der Waals surface area contributed by atoms with Crippen molar-refractivity contribution in [2.24, 2.45) is 0 Å². The van der Waals surface area contributed by atoms with Gasteiger partial charge in [0, 0.05) is 12.8 Å². The average Bonchev–Trinajstić information content (AvgIpc) is 2.81. The van der Waals surface area contributed by atoms with E-state index < -0.39 is 41.6 Å². The number of ketones is 1. The summed E-state index contributed by atoms with van der Waals surface area (Å²) in [6, 6.07) is -1.51. The van der Waals surface area contributed by atoms with E-state index in [2.05, 4.69) is 10.6 Å². The van der Waals surface area contributed by atoms with Gasteiger partial charge in [0.2, 0.25) is 23.6 Å². The number of hydrogen-bond acceptors (Lipinski definition) is 6. The summed E-state index contributed by atoms with van der Waals surface area (Å²) in [6.45, 7) is 4.33. The molecule has 1 saturated heterocycles. The normalized spacial score (nSPS) is 19.8. The topological polar surface area (TPSA) is 113 Å². The van der Waals surface area contributed by atoms with Crippen molar-refractivity contribution < 1.29 is 24.0 Å². The molecule has 3 unspecified atom stereocenters. The van der Waals surface area contributed by atoms with Crippen LogP contribution in [0.3, 0.4) is 0 Å². The Balaban J connectivity index is 2.52. The van der Waals surface area contributed by atoms with Crippen LogP contribution in [0.4, 0.5) is 0 Å².